The Bertz CT molecular complexity index is 1130. The molecule has 0 amide bonds. The molecule has 2 aliphatic rings. The van der Waals surface area contributed by atoms with E-state index in [2.05, 4.69) is 28.9 Å². The number of benzene rings is 1. The van der Waals surface area contributed by atoms with Gasteiger partial charge in [-0.3, -0.25) is 0 Å². The fourth-order valence-electron chi connectivity index (χ4n) is 4.55. The fraction of sp³-hybridized carbons (Fsp3) is 0.522. The van der Waals surface area contributed by atoms with Crippen molar-refractivity contribution in [2.45, 2.75) is 52.2 Å². The zero-order valence-electron chi connectivity index (χ0n) is 18.4. The minimum atomic E-state index is -0.499. The van der Waals surface area contributed by atoms with E-state index in [9.17, 15) is 0 Å². The molecular formula is C23H27FN4O3. The second kappa shape index (κ2) is 7.53. The summed E-state index contributed by atoms with van der Waals surface area (Å²) in [6.07, 6.45) is 1.45. The minimum absolute atomic E-state index is 0.205. The normalized spacial score (nSPS) is 18.6. The molecule has 0 bridgehead atoms. The third-order valence-corrected chi connectivity index (χ3v) is 6.35. The van der Waals surface area contributed by atoms with Gasteiger partial charge in [-0.25, -0.2) is 9.37 Å². The maximum Gasteiger partial charge on any atom is 0.261 e. The Morgan fingerprint density at radius 1 is 1.06 bits per heavy atom. The van der Waals surface area contributed by atoms with Gasteiger partial charge in [0.25, 0.3) is 5.89 Å². The number of ether oxygens (including phenoxy) is 2. The molecule has 164 valence electrons. The van der Waals surface area contributed by atoms with Crippen LogP contribution in [0.15, 0.2) is 16.7 Å². The third kappa shape index (κ3) is 3.47. The van der Waals surface area contributed by atoms with Crippen LogP contribution < -0.4 is 4.90 Å². The number of pyridine rings is 1. The van der Waals surface area contributed by atoms with Crippen LogP contribution in [0.4, 0.5) is 10.2 Å². The number of aryl methyl sites for hydroxylation is 2. The number of nitrogens with zero attached hydrogens (tertiary/aromatic N) is 4. The van der Waals surface area contributed by atoms with Crippen LogP contribution in [-0.4, -0.2) is 47.2 Å². The van der Waals surface area contributed by atoms with E-state index in [1.807, 2.05) is 13.0 Å². The van der Waals surface area contributed by atoms with Crippen LogP contribution in [0, 0.1) is 19.7 Å². The summed E-state index contributed by atoms with van der Waals surface area (Å²) in [5.41, 5.74) is 2.95. The van der Waals surface area contributed by atoms with Crippen molar-refractivity contribution in [2.24, 2.45) is 0 Å². The number of fused-ring (bicyclic) bond motifs is 1. The minimum Gasteiger partial charge on any atom is -0.356 e. The van der Waals surface area contributed by atoms with Crippen LogP contribution in [-0.2, 0) is 9.47 Å². The highest BCUT2D eigenvalue weighted by molar-refractivity contribution is 5.93. The summed E-state index contributed by atoms with van der Waals surface area (Å²) in [6.45, 7) is 10.5. The van der Waals surface area contributed by atoms with Gasteiger partial charge >= 0.3 is 0 Å². The largest absolute Gasteiger partial charge is 0.356 e. The van der Waals surface area contributed by atoms with Crippen molar-refractivity contribution in [3.05, 3.63) is 34.9 Å². The monoisotopic (exact) mass is 426 g/mol. The standard InChI is InChI=1S/C23H27FN4O3/c1-13(2)16-11-17-14(3)19(22-25-15(4)27-31-22)21(26-20(17)18(24)12-16)28-7-5-23(6-8-28)29-9-10-30-23/h11-13H,5-10H2,1-4H3. The molecule has 1 aromatic carbocycles. The molecule has 8 heteroatoms. The Morgan fingerprint density at radius 2 is 1.77 bits per heavy atom. The smallest absolute Gasteiger partial charge is 0.261 e. The van der Waals surface area contributed by atoms with E-state index in [1.165, 1.54) is 0 Å². The van der Waals surface area contributed by atoms with Gasteiger partial charge in [-0.2, -0.15) is 4.98 Å². The van der Waals surface area contributed by atoms with E-state index in [0.29, 0.717) is 49.4 Å². The maximum absolute atomic E-state index is 15.1. The lowest BCUT2D eigenvalue weighted by Gasteiger charge is -2.38. The quantitative estimate of drug-likeness (QED) is 0.610. The van der Waals surface area contributed by atoms with E-state index in [0.717, 1.165) is 34.9 Å². The number of hydrogen-bond donors (Lipinski definition) is 0. The summed E-state index contributed by atoms with van der Waals surface area (Å²) in [7, 11) is 0. The zero-order valence-corrected chi connectivity index (χ0v) is 18.4. The van der Waals surface area contributed by atoms with Crippen molar-refractivity contribution >= 4 is 16.7 Å². The molecule has 7 nitrogen and oxygen atoms in total. The van der Waals surface area contributed by atoms with Gasteiger partial charge in [-0.05, 0) is 43.0 Å². The Labute approximate surface area is 180 Å². The van der Waals surface area contributed by atoms with Gasteiger partial charge < -0.3 is 18.9 Å². The van der Waals surface area contributed by atoms with Crippen molar-refractivity contribution in [3.63, 3.8) is 0 Å². The highest BCUT2D eigenvalue weighted by atomic mass is 19.1. The van der Waals surface area contributed by atoms with Gasteiger partial charge in [-0.1, -0.05) is 19.0 Å². The molecule has 31 heavy (non-hydrogen) atoms. The number of rotatable bonds is 3. The van der Waals surface area contributed by atoms with Gasteiger partial charge in [0.15, 0.2) is 11.6 Å². The summed E-state index contributed by atoms with van der Waals surface area (Å²) >= 11 is 0. The third-order valence-electron chi connectivity index (χ3n) is 6.35. The molecule has 5 rings (SSSR count). The SMILES string of the molecule is Cc1noc(-c2c(N3CCC4(CC3)OCCO4)nc3c(F)cc(C(C)C)cc3c2C)n1. The maximum atomic E-state index is 15.1. The van der Waals surface area contributed by atoms with Crippen molar-refractivity contribution in [3.8, 4) is 11.5 Å². The Hall–Kier alpha value is -2.58. The molecule has 3 aromatic rings. The van der Waals surface area contributed by atoms with Gasteiger partial charge in [-0.15, -0.1) is 0 Å². The lowest BCUT2D eigenvalue weighted by atomic mass is 9.96. The summed E-state index contributed by atoms with van der Waals surface area (Å²) < 4.78 is 32.4. The van der Waals surface area contributed by atoms with Crippen molar-refractivity contribution in [1.29, 1.82) is 0 Å². The predicted octanol–water partition coefficient (Wildman–Crippen LogP) is 4.51. The molecule has 2 aromatic heterocycles. The first-order chi connectivity index (χ1) is 14.9. The molecule has 2 saturated heterocycles. The number of piperidine rings is 1. The van der Waals surface area contributed by atoms with Crippen molar-refractivity contribution in [2.75, 3.05) is 31.2 Å². The summed E-state index contributed by atoms with van der Waals surface area (Å²) in [5, 5.41) is 4.75. The Kier molecular flexibility index (Phi) is 4.94. The first kappa shape index (κ1) is 20.3. The molecule has 2 fully saturated rings. The molecule has 0 N–H and O–H groups in total. The van der Waals surface area contributed by atoms with E-state index in [1.54, 1.807) is 13.0 Å². The van der Waals surface area contributed by atoms with E-state index in [-0.39, 0.29) is 11.7 Å². The van der Waals surface area contributed by atoms with E-state index >= 15 is 4.39 Å². The predicted molar refractivity (Wildman–Crippen MR) is 115 cm³/mol. The second-order valence-corrected chi connectivity index (χ2v) is 8.73. The van der Waals surface area contributed by atoms with Gasteiger partial charge in [0.2, 0.25) is 0 Å². The lowest BCUT2D eigenvalue weighted by Crippen LogP contribution is -2.45. The van der Waals surface area contributed by atoms with E-state index < -0.39 is 5.79 Å². The van der Waals surface area contributed by atoms with Gasteiger partial charge in [0.05, 0.1) is 18.8 Å². The highest BCUT2D eigenvalue weighted by Gasteiger charge is 2.41. The molecule has 0 unspecified atom stereocenters. The average Bonchev–Trinajstić information content (AvgIpc) is 3.38. The average molecular weight is 426 g/mol. The summed E-state index contributed by atoms with van der Waals surface area (Å²) in [4.78, 5) is 11.4. The van der Waals surface area contributed by atoms with Crippen molar-refractivity contribution < 1.29 is 18.4 Å². The molecule has 0 aliphatic carbocycles. The van der Waals surface area contributed by atoms with Crippen LogP contribution in [0.5, 0.6) is 0 Å². The number of anilines is 1. The Morgan fingerprint density at radius 3 is 2.39 bits per heavy atom. The molecule has 4 heterocycles. The van der Waals surface area contributed by atoms with Crippen LogP contribution in [0.1, 0.15) is 49.6 Å². The van der Waals surface area contributed by atoms with Gasteiger partial charge in [0.1, 0.15) is 17.2 Å². The van der Waals surface area contributed by atoms with Crippen LogP contribution >= 0.6 is 0 Å². The first-order valence-corrected chi connectivity index (χ1v) is 10.8. The second-order valence-electron chi connectivity index (χ2n) is 8.73. The Balaban J connectivity index is 1.66. The molecule has 1 spiro atoms. The first-order valence-electron chi connectivity index (χ1n) is 10.8. The molecular weight excluding hydrogens is 399 g/mol. The number of aromatic nitrogens is 3. The van der Waals surface area contributed by atoms with Crippen molar-refractivity contribution in [1.82, 2.24) is 15.1 Å². The topological polar surface area (TPSA) is 73.5 Å². The lowest BCUT2D eigenvalue weighted by molar-refractivity contribution is -0.169. The van der Waals surface area contributed by atoms with Crippen LogP contribution in [0.25, 0.3) is 22.4 Å². The van der Waals surface area contributed by atoms with E-state index in [4.69, 9.17) is 19.0 Å². The molecule has 0 radical (unpaired) electrons. The molecule has 0 saturated carbocycles. The van der Waals surface area contributed by atoms with Crippen LogP contribution in [0.2, 0.25) is 0 Å². The van der Waals surface area contributed by atoms with Gasteiger partial charge in [0, 0.05) is 31.3 Å². The highest BCUT2D eigenvalue weighted by Crippen LogP contribution is 2.40. The summed E-state index contributed by atoms with van der Waals surface area (Å²) in [5.74, 6) is 1.02. The van der Waals surface area contributed by atoms with Crippen LogP contribution in [0.3, 0.4) is 0 Å². The summed E-state index contributed by atoms with van der Waals surface area (Å²) in [6, 6.07) is 3.61. The molecule has 0 atom stereocenters. The molecule has 2 aliphatic heterocycles. The number of halogens is 1. The number of hydrogen-bond acceptors (Lipinski definition) is 7. The zero-order chi connectivity index (χ0) is 21.8. The fourth-order valence-corrected chi connectivity index (χ4v) is 4.55.